The Balaban J connectivity index is 0.000000483. The van der Waals surface area contributed by atoms with E-state index in [9.17, 15) is 13.2 Å². The predicted molar refractivity (Wildman–Crippen MR) is 162 cm³/mol. The Morgan fingerprint density at radius 3 is 2.32 bits per heavy atom. The molecule has 1 saturated heterocycles. The van der Waals surface area contributed by atoms with Gasteiger partial charge < -0.3 is 15.0 Å². The van der Waals surface area contributed by atoms with Gasteiger partial charge in [-0.25, -0.2) is 4.98 Å². The van der Waals surface area contributed by atoms with Crippen molar-refractivity contribution < 1.29 is 17.9 Å². The van der Waals surface area contributed by atoms with Gasteiger partial charge in [-0.2, -0.15) is 13.2 Å². The molecule has 218 valence electrons. The summed E-state index contributed by atoms with van der Waals surface area (Å²) in [7, 11) is 0. The summed E-state index contributed by atoms with van der Waals surface area (Å²) in [6.07, 6.45) is -3.84. The van der Waals surface area contributed by atoms with Crippen LogP contribution in [0.4, 0.5) is 18.9 Å². The van der Waals surface area contributed by atoms with Crippen LogP contribution in [0, 0.1) is 18.8 Å². The van der Waals surface area contributed by atoms with E-state index in [0.29, 0.717) is 41.8 Å². The fraction of sp³-hybridized carbons (Fsp3) is 0.364. The van der Waals surface area contributed by atoms with Gasteiger partial charge >= 0.3 is 6.18 Å². The van der Waals surface area contributed by atoms with Crippen molar-refractivity contribution in [3.05, 3.63) is 101 Å². The van der Waals surface area contributed by atoms with Crippen LogP contribution in [-0.2, 0) is 12.7 Å². The van der Waals surface area contributed by atoms with Gasteiger partial charge in [-0.1, -0.05) is 67.4 Å². The van der Waals surface area contributed by atoms with E-state index in [0.717, 1.165) is 37.0 Å². The average Bonchev–Trinajstić information content (AvgIpc) is 3.36. The molecule has 41 heavy (non-hydrogen) atoms. The molecule has 0 amide bonds. The molecular weight excluding hydrogens is 547 g/mol. The number of pyridine rings is 1. The Hall–Kier alpha value is -3.29. The maximum absolute atomic E-state index is 13.4. The predicted octanol–water partition coefficient (Wildman–Crippen LogP) is 8.55. The van der Waals surface area contributed by atoms with Crippen LogP contribution >= 0.6 is 11.6 Å². The first-order valence-electron chi connectivity index (χ1n) is 14.0. The molecule has 3 aromatic carbocycles. The molecule has 0 radical (unpaired) electrons. The SMILES string of the molecule is CCCOc1cc(C(F)(F)F)nc2ccc(CN(CC3CNCC3C)c3ccc(Cl)cc3)cc12.Cc1ccccc1. The van der Waals surface area contributed by atoms with Crippen LogP contribution in [0.2, 0.25) is 5.02 Å². The van der Waals surface area contributed by atoms with Crippen LogP contribution in [0.3, 0.4) is 0 Å². The van der Waals surface area contributed by atoms with Gasteiger partial charge in [-0.15, -0.1) is 0 Å². The van der Waals surface area contributed by atoms with Gasteiger partial charge in [0.05, 0.1) is 12.1 Å². The van der Waals surface area contributed by atoms with Crippen molar-refractivity contribution in [2.75, 3.05) is 31.1 Å². The number of hydrogen-bond donors (Lipinski definition) is 1. The second kappa shape index (κ2) is 14.1. The summed E-state index contributed by atoms with van der Waals surface area (Å²) in [4.78, 5) is 6.16. The van der Waals surface area contributed by atoms with Crippen LogP contribution in [0.25, 0.3) is 10.9 Å². The third kappa shape index (κ3) is 8.60. The molecule has 8 heteroatoms. The first-order valence-corrected chi connectivity index (χ1v) is 14.4. The maximum Gasteiger partial charge on any atom is 0.433 e. The lowest BCUT2D eigenvalue weighted by atomic mass is 9.97. The number of aryl methyl sites for hydroxylation is 1. The number of halogens is 4. The molecule has 1 aliphatic heterocycles. The molecule has 1 aliphatic rings. The Kier molecular flexibility index (Phi) is 10.5. The Morgan fingerprint density at radius 2 is 1.73 bits per heavy atom. The number of anilines is 1. The first kappa shape index (κ1) is 30.7. The number of alkyl halides is 3. The summed E-state index contributed by atoms with van der Waals surface area (Å²) in [6, 6.07) is 24.4. The molecule has 4 aromatic rings. The largest absolute Gasteiger partial charge is 0.493 e. The zero-order valence-electron chi connectivity index (χ0n) is 23.7. The third-order valence-corrected chi connectivity index (χ3v) is 7.48. The zero-order chi connectivity index (χ0) is 29.4. The standard InChI is InChI=1S/C26H29ClF3N3O.C7H8/c1-3-10-34-24-12-25(26(28,29)30)32-23-9-4-18(11-22(23)24)15-33(16-19-14-31-13-17(19)2)21-7-5-20(27)6-8-21;1-7-5-3-2-4-6-7/h4-9,11-12,17,19,31H,3,10,13-16H2,1-2H3;2-6H,1H3. The summed E-state index contributed by atoms with van der Waals surface area (Å²) in [5, 5.41) is 4.72. The normalized spacial score (nSPS) is 16.8. The number of hydrogen-bond acceptors (Lipinski definition) is 4. The van der Waals surface area contributed by atoms with Crippen LogP contribution in [0.5, 0.6) is 5.75 Å². The van der Waals surface area contributed by atoms with Gasteiger partial charge in [0.15, 0.2) is 0 Å². The van der Waals surface area contributed by atoms with E-state index in [1.54, 1.807) is 6.07 Å². The Labute approximate surface area is 245 Å². The molecule has 1 N–H and O–H groups in total. The van der Waals surface area contributed by atoms with Gasteiger partial charge in [0.1, 0.15) is 11.4 Å². The van der Waals surface area contributed by atoms with Crippen molar-refractivity contribution >= 4 is 28.2 Å². The van der Waals surface area contributed by atoms with E-state index in [1.165, 1.54) is 5.56 Å². The van der Waals surface area contributed by atoms with Crippen molar-refractivity contribution in [3.8, 4) is 5.75 Å². The minimum absolute atomic E-state index is 0.215. The van der Waals surface area contributed by atoms with Crippen molar-refractivity contribution in [2.24, 2.45) is 11.8 Å². The van der Waals surface area contributed by atoms with E-state index < -0.39 is 11.9 Å². The molecule has 0 bridgehead atoms. The van der Waals surface area contributed by atoms with E-state index in [4.69, 9.17) is 16.3 Å². The lowest BCUT2D eigenvalue weighted by Crippen LogP contribution is -2.32. The second-order valence-corrected chi connectivity index (χ2v) is 11.0. The highest BCUT2D eigenvalue weighted by atomic mass is 35.5. The number of fused-ring (bicyclic) bond motifs is 1. The molecule has 2 unspecified atom stereocenters. The maximum atomic E-state index is 13.4. The number of benzene rings is 3. The van der Waals surface area contributed by atoms with E-state index in [-0.39, 0.29) is 11.3 Å². The fourth-order valence-electron chi connectivity index (χ4n) is 4.88. The summed E-state index contributed by atoms with van der Waals surface area (Å²) >= 11 is 6.11. The lowest BCUT2D eigenvalue weighted by molar-refractivity contribution is -0.141. The minimum Gasteiger partial charge on any atom is -0.493 e. The quantitative estimate of drug-likeness (QED) is 0.225. The van der Waals surface area contributed by atoms with Crippen molar-refractivity contribution in [2.45, 2.75) is 39.9 Å². The smallest absolute Gasteiger partial charge is 0.433 e. The van der Waals surface area contributed by atoms with Gasteiger partial charge in [-0.3, -0.25) is 0 Å². The summed E-state index contributed by atoms with van der Waals surface area (Å²) in [5.41, 5.74) is 2.68. The number of ether oxygens (including phenoxy) is 1. The number of rotatable bonds is 8. The van der Waals surface area contributed by atoms with Crippen LogP contribution in [-0.4, -0.2) is 31.2 Å². The first-order chi connectivity index (χ1) is 19.6. The molecule has 1 aromatic heterocycles. The third-order valence-electron chi connectivity index (χ3n) is 7.23. The molecule has 2 heterocycles. The number of nitrogens with zero attached hydrogens (tertiary/aromatic N) is 2. The van der Waals surface area contributed by atoms with Crippen LogP contribution < -0.4 is 15.0 Å². The Morgan fingerprint density at radius 1 is 1.00 bits per heavy atom. The Bertz CT molecular complexity index is 1400. The van der Waals surface area contributed by atoms with Gasteiger partial charge in [0.25, 0.3) is 0 Å². The van der Waals surface area contributed by atoms with Crippen molar-refractivity contribution in [1.82, 2.24) is 10.3 Å². The van der Waals surface area contributed by atoms with E-state index in [1.807, 2.05) is 61.5 Å². The van der Waals surface area contributed by atoms with Crippen LogP contribution in [0.15, 0.2) is 78.9 Å². The summed E-state index contributed by atoms with van der Waals surface area (Å²) in [6.45, 7) is 10.0. The lowest BCUT2D eigenvalue weighted by Gasteiger charge is -2.29. The minimum atomic E-state index is -4.53. The monoisotopic (exact) mass is 583 g/mol. The molecule has 0 saturated carbocycles. The van der Waals surface area contributed by atoms with Crippen molar-refractivity contribution in [3.63, 3.8) is 0 Å². The van der Waals surface area contributed by atoms with Crippen LogP contribution in [0.1, 0.15) is 37.1 Å². The number of nitrogens with one attached hydrogen (secondary N) is 1. The molecule has 0 spiro atoms. The molecule has 1 fully saturated rings. The summed E-state index contributed by atoms with van der Waals surface area (Å²) in [5.74, 6) is 1.27. The fourth-order valence-corrected chi connectivity index (χ4v) is 5.00. The number of aromatic nitrogens is 1. The molecule has 4 nitrogen and oxygen atoms in total. The molecule has 2 atom stereocenters. The van der Waals surface area contributed by atoms with Gasteiger partial charge in [0.2, 0.25) is 0 Å². The second-order valence-electron chi connectivity index (χ2n) is 10.6. The summed E-state index contributed by atoms with van der Waals surface area (Å²) < 4.78 is 45.8. The van der Waals surface area contributed by atoms with Gasteiger partial charge in [-0.05, 0) is 80.2 Å². The average molecular weight is 584 g/mol. The molecular formula is C33H37ClF3N3O. The molecule has 0 aliphatic carbocycles. The molecule has 5 rings (SSSR count). The highest BCUT2D eigenvalue weighted by Crippen LogP contribution is 2.35. The van der Waals surface area contributed by atoms with E-state index >= 15 is 0 Å². The highest BCUT2D eigenvalue weighted by Gasteiger charge is 2.34. The zero-order valence-corrected chi connectivity index (χ0v) is 24.5. The van der Waals surface area contributed by atoms with Crippen molar-refractivity contribution in [1.29, 1.82) is 0 Å². The topological polar surface area (TPSA) is 37.4 Å². The van der Waals surface area contributed by atoms with Gasteiger partial charge in [0, 0.05) is 35.3 Å². The highest BCUT2D eigenvalue weighted by molar-refractivity contribution is 6.30. The van der Waals surface area contributed by atoms with E-state index in [2.05, 4.69) is 41.2 Å².